The second kappa shape index (κ2) is 4.80. The molecule has 2 aromatic heterocycles. The lowest BCUT2D eigenvalue weighted by Crippen LogP contribution is -2.63. The first-order valence-electron chi connectivity index (χ1n) is 7.19. The quantitative estimate of drug-likeness (QED) is 0.932. The van der Waals surface area contributed by atoms with E-state index in [1.54, 1.807) is 17.9 Å². The number of amides is 1. The van der Waals surface area contributed by atoms with E-state index in [9.17, 15) is 9.90 Å². The van der Waals surface area contributed by atoms with Gasteiger partial charge in [0.05, 0.1) is 35.3 Å². The molecule has 1 fully saturated rings. The Balaban J connectivity index is 1.91. The van der Waals surface area contributed by atoms with Crippen molar-refractivity contribution in [1.82, 2.24) is 15.0 Å². The number of fused-ring (bicyclic) bond motifs is 1. The molecule has 0 unspecified atom stereocenters. The number of carbonyl (C=O) groups excluding carboxylic acids is 1. The summed E-state index contributed by atoms with van der Waals surface area (Å²) < 4.78 is 5.15. The zero-order chi connectivity index (χ0) is 15.2. The second-order valence-corrected chi connectivity index (χ2v) is 5.89. The predicted octanol–water partition coefficient (Wildman–Crippen LogP) is 1.83. The standard InChI is InChI=1S/C15H19N3O3/c1-4-5-15(20)7-18(8-15)14(19)11-6-9(2)16-13-12(11)10(3)17-21-13/h6,20H,4-5,7-8H2,1-3H3. The zero-order valence-corrected chi connectivity index (χ0v) is 12.5. The van der Waals surface area contributed by atoms with E-state index in [-0.39, 0.29) is 5.91 Å². The van der Waals surface area contributed by atoms with Gasteiger partial charge in [0.2, 0.25) is 0 Å². The molecule has 6 heteroatoms. The molecular formula is C15H19N3O3. The van der Waals surface area contributed by atoms with E-state index < -0.39 is 5.60 Å². The molecule has 0 bridgehead atoms. The number of rotatable bonds is 3. The number of aryl methyl sites for hydroxylation is 2. The molecular weight excluding hydrogens is 270 g/mol. The van der Waals surface area contributed by atoms with Crippen molar-refractivity contribution >= 4 is 17.0 Å². The van der Waals surface area contributed by atoms with Crippen molar-refractivity contribution in [3.63, 3.8) is 0 Å². The van der Waals surface area contributed by atoms with Gasteiger partial charge in [0.25, 0.3) is 11.6 Å². The summed E-state index contributed by atoms with van der Waals surface area (Å²) in [7, 11) is 0. The lowest BCUT2D eigenvalue weighted by atomic mass is 9.88. The van der Waals surface area contributed by atoms with Crippen LogP contribution in [0.2, 0.25) is 0 Å². The van der Waals surface area contributed by atoms with Crippen molar-refractivity contribution in [2.75, 3.05) is 13.1 Å². The molecule has 0 saturated carbocycles. The fourth-order valence-electron chi connectivity index (χ4n) is 2.99. The van der Waals surface area contributed by atoms with Crippen molar-refractivity contribution in [2.24, 2.45) is 0 Å². The molecule has 21 heavy (non-hydrogen) atoms. The third-order valence-electron chi connectivity index (χ3n) is 3.95. The minimum Gasteiger partial charge on any atom is -0.386 e. The van der Waals surface area contributed by atoms with Crippen LogP contribution in [-0.4, -0.2) is 44.7 Å². The molecule has 0 aromatic carbocycles. The summed E-state index contributed by atoms with van der Waals surface area (Å²) in [5, 5.41) is 14.8. The van der Waals surface area contributed by atoms with Gasteiger partial charge >= 0.3 is 0 Å². The number of nitrogens with zero attached hydrogens (tertiary/aromatic N) is 3. The molecule has 1 N–H and O–H groups in total. The van der Waals surface area contributed by atoms with Gasteiger partial charge in [-0.05, 0) is 26.3 Å². The van der Waals surface area contributed by atoms with Gasteiger partial charge in [0, 0.05) is 5.69 Å². The summed E-state index contributed by atoms with van der Waals surface area (Å²) in [5.41, 5.74) is 1.58. The fourth-order valence-corrected chi connectivity index (χ4v) is 2.99. The molecule has 2 aromatic rings. The molecule has 0 spiro atoms. The van der Waals surface area contributed by atoms with E-state index in [2.05, 4.69) is 10.1 Å². The Hall–Kier alpha value is -1.95. The smallest absolute Gasteiger partial charge is 0.258 e. The molecule has 112 valence electrons. The normalized spacial score (nSPS) is 17.0. The Morgan fingerprint density at radius 2 is 2.19 bits per heavy atom. The minimum atomic E-state index is -0.727. The highest BCUT2D eigenvalue weighted by Gasteiger charge is 2.43. The maximum atomic E-state index is 12.7. The summed E-state index contributed by atoms with van der Waals surface area (Å²) >= 11 is 0. The monoisotopic (exact) mass is 289 g/mol. The van der Waals surface area contributed by atoms with Crippen LogP contribution in [0.5, 0.6) is 0 Å². The molecule has 0 radical (unpaired) electrons. The lowest BCUT2D eigenvalue weighted by Gasteiger charge is -2.46. The lowest BCUT2D eigenvalue weighted by molar-refractivity contribution is -0.0859. The third kappa shape index (κ3) is 2.29. The minimum absolute atomic E-state index is 0.0995. The molecule has 0 aliphatic carbocycles. The Bertz CT molecular complexity index is 701. The maximum absolute atomic E-state index is 12.7. The van der Waals surface area contributed by atoms with E-state index in [1.807, 2.05) is 13.8 Å². The van der Waals surface area contributed by atoms with Gasteiger partial charge in [-0.1, -0.05) is 18.5 Å². The average Bonchev–Trinajstić information content (AvgIpc) is 2.76. The summed E-state index contributed by atoms with van der Waals surface area (Å²) in [5.74, 6) is -0.0995. The second-order valence-electron chi connectivity index (χ2n) is 5.89. The maximum Gasteiger partial charge on any atom is 0.258 e. The molecule has 1 aliphatic rings. The van der Waals surface area contributed by atoms with Gasteiger partial charge in [-0.15, -0.1) is 0 Å². The fraction of sp³-hybridized carbons (Fsp3) is 0.533. The molecule has 3 heterocycles. The highest BCUT2D eigenvalue weighted by Crippen LogP contribution is 2.30. The Morgan fingerprint density at radius 1 is 1.48 bits per heavy atom. The van der Waals surface area contributed by atoms with E-state index in [0.29, 0.717) is 47.6 Å². The predicted molar refractivity (Wildman–Crippen MR) is 77.0 cm³/mol. The summed E-state index contributed by atoms with van der Waals surface area (Å²) in [6.45, 7) is 6.40. The number of pyridine rings is 1. The van der Waals surface area contributed by atoms with E-state index in [0.717, 1.165) is 6.42 Å². The van der Waals surface area contributed by atoms with Gasteiger partial charge in [-0.25, -0.2) is 4.98 Å². The van der Waals surface area contributed by atoms with E-state index in [1.165, 1.54) is 0 Å². The number of aliphatic hydroxyl groups is 1. The summed E-state index contributed by atoms with van der Waals surface area (Å²) in [6.07, 6.45) is 1.62. The molecule has 3 rings (SSSR count). The first-order chi connectivity index (χ1) is 9.93. The van der Waals surface area contributed by atoms with Crippen LogP contribution in [0.1, 0.15) is 41.5 Å². The van der Waals surface area contributed by atoms with Gasteiger partial charge in [-0.2, -0.15) is 0 Å². The molecule has 1 amide bonds. The van der Waals surface area contributed by atoms with Gasteiger partial charge in [0.1, 0.15) is 0 Å². The van der Waals surface area contributed by atoms with Crippen LogP contribution in [0.4, 0.5) is 0 Å². The number of likely N-dealkylation sites (tertiary alicyclic amines) is 1. The van der Waals surface area contributed by atoms with Gasteiger partial charge in [0.15, 0.2) is 0 Å². The Kier molecular flexibility index (Phi) is 3.20. The van der Waals surface area contributed by atoms with Crippen LogP contribution in [0.3, 0.4) is 0 Å². The highest BCUT2D eigenvalue weighted by molar-refractivity contribution is 6.06. The first kappa shape index (κ1) is 14.0. The van der Waals surface area contributed by atoms with Crippen molar-refractivity contribution in [3.8, 4) is 0 Å². The van der Waals surface area contributed by atoms with Crippen LogP contribution in [0.25, 0.3) is 11.1 Å². The Morgan fingerprint density at radius 3 is 2.86 bits per heavy atom. The Labute approximate surface area is 122 Å². The molecule has 6 nitrogen and oxygen atoms in total. The number of aromatic nitrogens is 2. The highest BCUT2D eigenvalue weighted by atomic mass is 16.5. The van der Waals surface area contributed by atoms with Crippen LogP contribution >= 0.6 is 0 Å². The average molecular weight is 289 g/mol. The van der Waals surface area contributed by atoms with Crippen molar-refractivity contribution in [3.05, 3.63) is 23.0 Å². The number of hydrogen-bond donors (Lipinski definition) is 1. The van der Waals surface area contributed by atoms with Gasteiger partial charge < -0.3 is 14.5 Å². The third-order valence-corrected chi connectivity index (χ3v) is 3.95. The number of carbonyl (C=O) groups is 1. The van der Waals surface area contributed by atoms with Crippen molar-refractivity contribution < 1.29 is 14.4 Å². The van der Waals surface area contributed by atoms with Crippen LogP contribution in [-0.2, 0) is 0 Å². The van der Waals surface area contributed by atoms with Crippen molar-refractivity contribution in [1.29, 1.82) is 0 Å². The zero-order valence-electron chi connectivity index (χ0n) is 12.5. The van der Waals surface area contributed by atoms with E-state index >= 15 is 0 Å². The van der Waals surface area contributed by atoms with Gasteiger partial charge in [-0.3, -0.25) is 4.79 Å². The molecule has 1 aliphatic heterocycles. The number of β-amino-alcohol motifs (C(OH)–C–C–N with tert-alkyl or cyclic N) is 1. The van der Waals surface area contributed by atoms with Crippen molar-refractivity contribution in [2.45, 2.75) is 39.2 Å². The topological polar surface area (TPSA) is 79.5 Å². The van der Waals surface area contributed by atoms with E-state index in [4.69, 9.17) is 4.52 Å². The SMILES string of the molecule is CCCC1(O)CN(C(=O)c2cc(C)nc3onc(C)c23)C1. The largest absolute Gasteiger partial charge is 0.386 e. The van der Waals surface area contributed by atoms with Crippen LogP contribution in [0, 0.1) is 13.8 Å². The summed E-state index contributed by atoms with van der Waals surface area (Å²) in [4.78, 5) is 18.6. The molecule has 1 saturated heterocycles. The molecule has 0 atom stereocenters. The number of hydrogen-bond acceptors (Lipinski definition) is 5. The first-order valence-corrected chi connectivity index (χ1v) is 7.19. The van der Waals surface area contributed by atoms with Crippen LogP contribution < -0.4 is 0 Å². The van der Waals surface area contributed by atoms with Crippen LogP contribution in [0.15, 0.2) is 10.6 Å². The summed E-state index contributed by atoms with van der Waals surface area (Å²) in [6, 6.07) is 1.76.